The molecule has 0 unspecified atom stereocenters. The number of carbonyl (C=O) groups is 1. The van der Waals surface area contributed by atoms with Gasteiger partial charge in [0.1, 0.15) is 11.6 Å². The summed E-state index contributed by atoms with van der Waals surface area (Å²) < 4.78 is 5.36. The molecule has 0 bridgehead atoms. The number of hydrogen-bond acceptors (Lipinski definition) is 4. The van der Waals surface area contributed by atoms with E-state index >= 15 is 0 Å². The molecule has 5 heteroatoms. The Morgan fingerprint density at radius 3 is 2.90 bits per heavy atom. The summed E-state index contributed by atoms with van der Waals surface area (Å²) in [4.78, 5) is 17.3. The highest BCUT2D eigenvalue weighted by Crippen LogP contribution is 2.34. The van der Waals surface area contributed by atoms with Crippen molar-refractivity contribution >= 4 is 22.6 Å². The molecular formula is C15H16N2O3. The highest BCUT2D eigenvalue weighted by atomic mass is 16.5. The van der Waals surface area contributed by atoms with Crippen LogP contribution in [0.2, 0.25) is 0 Å². The zero-order valence-electron chi connectivity index (χ0n) is 11.2. The number of ether oxygens (including phenoxy) is 1. The molecule has 3 rings (SSSR count). The summed E-state index contributed by atoms with van der Waals surface area (Å²) in [7, 11) is 1.65. The normalized spacial score (nSPS) is 15.2. The van der Waals surface area contributed by atoms with Gasteiger partial charge in [0.05, 0.1) is 13.5 Å². The standard InChI is InChI=1S/C15H16N2O3/c1-20-13-4-2-3-12-11(13)5-6-16-15(12)17-8-10(9-17)7-14(18)19/h2-6,10H,7-9H2,1H3,(H,18,19). The van der Waals surface area contributed by atoms with Gasteiger partial charge in [-0.25, -0.2) is 4.98 Å². The Kier molecular flexibility index (Phi) is 3.18. The van der Waals surface area contributed by atoms with Crippen molar-refractivity contribution in [3.05, 3.63) is 30.5 Å². The van der Waals surface area contributed by atoms with E-state index in [-0.39, 0.29) is 12.3 Å². The fraction of sp³-hybridized carbons (Fsp3) is 0.333. The summed E-state index contributed by atoms with van der Waals surface area (Å²) in [6, 6.07) is 7.83. The first-order valence-corrected chi connectivity index (χ1v) is 6.57. The smallest absolute Gasteiger partial charge is 0.303 e. The first-order valence-electron chi connectivity index (χ1n) is 6.57. The second-order valence-corrected chi connectivity index (χ2v) is 5.06. The Labute approximate surface area is 116 Å². The van der Waals surface area contributed by atoms with Crippen molar-refractivity contribution in [3.8, 4) is 5.75 Å². The molecule has 0 saturated carbocycles. The second-order valence-electron chi connectivity index (χ2n) is 5.06. The van der Waals surface area contributed by atoms with Crippen molar-refractivity contribution in [2.75, 3.05) is 25.1 Å². The van der Waals surface area contributed by atoms with Gasteiger partial charge in [-0.1, -0.05) is 12.1 Å². The van der Waals surface area contributed by atoms with Crippen molar-refractivity contribution in [2.24, 2.45) is 5.92 Å². The number of carboxylic acid groups (broad SMARTS) is 1. The molecule has 1 aliphatic rings. The molecule has 0 aliphatic carbocycles. The Bertz CT molecular complexity index is 651. The van der Waals surface area contributed by atoms with Gasteiger partial charge in [-0.05, 0) is 12.1 Å². The maximum atomic E-state index is 10.7. The van der Waals surface area contributed by atoms with Crippen molar-refractivity contribution in [1.82, 2.24) is 4.98 Å². The molecule has 5 nitrogen and oxygen atoms in total. The summed E-state index contributed by atoms with van der Waals surface area (Å²) in [5, 5.41) is 10.9. The Morgan fingerprint density at radius 1 is 1.40 bits per heavy atom. The minimum Gasteiger partial charge on any atom is -0.496 e. The highest BCUT2D eigenvalue weighted by Gasteiger charge is 2.30. The van der Waals surface area contributed by atoms with Crippen LogP contribution >= 0.6 is 0 Å². The fourth-order valence-corrected chi connectivity index (χ4v) is 2.71. The van der Waals surface area contributed by atoms with Crippen LogP contribution in [0.25, 0.3) is 10.8 Å². The number of nitrogens with zero attached hydrogens (tertiary/aromatic N) is 2. The van der Waals surface area contributed by atoms with E-state index in [4.69, 9.17) is 9.84 Å². The molecule has 1 aliphatic heterocycles. The number of fused-ring (bicyclic) bond motifs is 1. The number of rotatable bonds is 4. The first-order chi connectivity index (χ1) is 9.69. The van der Waals surface area contributed by atoms with Crippen LogP contribution in [0.4, 0.5) is 5.82 Å². The quantitative estimate of drug-likeness (QED) is 0.924. The summed E-state index contributed by atoms with van der Waals surface area (Å²) in [6.45, 7) is 1.49. The summed E-state index contributed by atoms with van der Waals surface area (Å²) >= 11 is 0. The number of aliphatic carboxylic acids is 1. The molecule has 0 atom stereocenters. The fourth-order valence-electron chi connectivity index (χ4n) is 2.71. The van der Waals surface area contributed by atoms with Crippen LogP contribution in [-0.2, 0) is 4.79 Å². The van der Waals surface area contributed by atoms with Gasteiger partial charge in [0, 0.05) is 36.0 Å². The number of aromatic nitrogens is 1. The third kappa shape index (κ3) is 2.15. The maximum Gasteiger partial charge on any atom is 0.303 e. The molecule has 1 aromatic carbocycles. The first kappa shape index (κ1) is 12.7. The average molecular weight is 272 g/mol. The van der Waals surface area contributed by atoms with Crippen LogP contribution in [0.1, 0.15) is 6.42 Å². The second kappa shape index (κ2) is 5.00. The van der Waals surface area contributed by atoms with E-state index in [1.165, 1.54) is 0 Å². The lowest BCUT2D eigenvalue weighted by Crippen LogP contribution is -2.48. The van der Waals surface area contributed by atoms with E-state index in [0.717, 1.165) is 35.4 Å². The maximum absolute atomic E-state index is 10.7. The Hall–Kier alpha value is -2.30. The van der Waals surface area contributed by atoms with Gasteiger partial charge in [0.15, 0.2) is 0 Å². The Balaban J connectivity index is 1.88. The largest absolute Gasteiger partial charge is 0.496 e. The molecule has 0 radical (unpaired) electrons. The zero-order valence-corrected chi connectivity index (χ0v) is 11.2. The van der Waals surface area contributed by atoms with E-state index in [2.05, 4.69) is 9.88 Å². The van der Waals surface area contributed by atoms with E-state index in [0.29, 0.717) is 0 Å². The summed E-state index contributed by atoms with van der Waals surface area (Å²) in [5.41, 5.74) is 0. The number of methoxy groups -OCH3 is 1. The van der Waals surface area contributed by atoms with E-state index in [9.17, 15) is 4.79 Å². The third-order valence-electron chi connectivity index (χ3n) is 3.68. The van der Waals surface area contributed by atoms with E-state index in [1.807, 2.05) is 24.3 Å². The monoisotopic (exact) mass is 272 g/mol. The van der Waals surface area contributed by atoms with Crippen molar-refractivity contribution in [3.63, 3.8) is 0 Å². The molecule has 1 fully saturated rings. The number of anilines is 1. The van der Waals surface area contributed by atoms with Gasteiger partial charge in [-0.2, -0.15) is 0 Å². The molecule has 1 N–H and O–H groups in total. The van der Waals surface area contributed by atoms with Crippen molar-refractivity contribution in [2.45, 2.75) is 6.42 Å². The van der Waals surface area contributed by atoms with Crippen LogP contribution in [0.5, 0.6) is 5.75 Å². The molecule has 0 spiro atoms. The van der Waals surface area contributed by atoms with E-state index < -0.39 is 5.97 Å². The summed E-state index contributed by atoms with van der Waals surface area (Å²) in [6.07, 6.45) is 2.00. The van der Waals surface area contributed by atoms with Gasteiger partial charge in [-0.3, -0.25) is 4.79 Å². The number of carboxylic acids is 1. The Morgan fingerprint density at radius 2 is 2.20 bits per heavy atom. The van der Waals surface area contributed by atoms with Gasteiger partial charge in [0.2, 0.25) is 0 Å². The molecule has 1 saturated heterocycles. The van der Waals surface area contributed by atoms with Gasteiger partial charge in [-0.15, -0.1) is 0 Å². The molecule has 2 heterocycles. The van der Waals surface area contributed by atoms with E-state index in [1.54, 1.807) is 13.3 Å². The average Bonchev–Trinajstić information content (AvgIpc) is 2.41. The lowest BCUT2D eigenvalue weighted by atomic mass is 9.96. The predicted molar refractivity (Wildman–Crippen MR) is 76.3 cm³/mol. The number of hydrogen-bond donors (Lipinski definition) is 1. The lowest BCUT2D eigenvalue weighted by Gasteiger charge is -2.40. The molecular weight excluding hydrogens is 256 g/mol. The summed E-state index contributed by atoms with van der Waals surface area (Å²) in [5.74, 6) is 1.22. The number of pyridine rings is 1. The van der Waals surface area contributed by atoms with Gasteiger partial charge < -0.3 is 14.7 Å². The highest BCUT2D eigenvalue weighted by molar-refractivity contribution is 5.96. The molecule has 2 aromatic rings. The minimum atomic E-state index is -0.734. The van der Waals surface area contributed by atoms with Crippen LogP contribution < -0.4 is 9.64 Å². The number of benzene rings is 1. The molecule has 104 valence electrons. The predicted octanol–water partition coefficient (Wildman–Crippen LogP) is 2.15. The van der Waals surface area contributed by atoms with Crippen LogP contribution in [-0.4, -0.2) is 36.3 Å². The van der Waals surface area contributed by atoms with Crippen molar-refractivity contribution in [1.29, 1.82) is 0 Å². The van der Waals surface area contributed by atoms with Crippen LogP contribution in [0, 0.1) is 5.92 Å². The minimum absolute atomic E-state index is 0.218. The van der Waals surface area contributed by atoms with Crippen LogP contribution in [0.15, 0.2) is 30.5 Å². The topological polar surface area (TPSA) is 62.7 Å². The third-order valence-corrected chi connectivity index (χ3v) is 3.68. The molecule has 0 amide bonds. The van der Waals surface area contributed by atoms with Crippen LogP contribution in [0.3, 0.4) is 0 Å². The van der Waals surface area contributed by atoms with Gasteiger partial charge in [0.25, 0.3) is 0 Å². The van der Waals surface area contributed by atoms with Crippen molar-refractivity contribution < 1.29 is 14.6 Å². The molecule has 1 aromatic heterocycles. The SMILES string of the molecule is COc1cccc2c(N3CC(CC(=O)O)C3)nccc12. The zero-order chi connectivity index (χ0) is 14.1. The molecule has 20 heavy (non-hydrogen) atoms. The lowest BCUT2D eigenvalue weighted by molar-refractivity contribution is -0.138. The van der Waals surface area contributed by atoms with Gasteiger partial charge >= 0.3 is 5.97 Å².